The lowest BCUT2D eigenvalue weighted by atomic mass is 9.96. The van der Waals surface area contributed by atoms with Crippen LogP contribution in [0.5, 0.6) is 11.5 Å². The van der Waals surface area contributed by atoms with E-state index < -0.39 is 47.3 Å². The molecule has 2 aromatic carbocycles. The third kappa shape index (κ3) is 4.30. The number of alkyl halides is 5. The molecule has 2 N–H and O–H groups in total. The highest BCUT2D eigenvalue weighted by Crippen LogP contribution is 2.55. The van der Waals surface area contributed by atoms with Gasteiger partial charge in [0.2, 0.25) is 0 Å². The average molecular weight is 539 g/mol. The first-order chi connectivity index (χ1) is 17.7. The zero-order valence-electron chi connectivity index (χ0n) is 19.4. The minimum absolute atomic E-state index is 0.0168. The van der Waals surface area contributed by atoms with Crippen LogP contribution in [0.25, 0.3) is 5.69 Å². The van der Waals surface area contributed by atoms with E-state index in [9.17, 15) is 41.8 Å². The maximum atomic E-state index is 13.5. The van der Waals surface area contributed by atoms with Crippen LogP contribution in [-0.4, -0.2) is 45.2 Å². The summed E-state index contributed by atoms with van der Waals surface area (Å²) < 4.78 is 76.6. The Labute approximate surface area is 210 Å². The molecule has 1 saturated carbocycles. The molecule has 5 rings (SSSR count). The summed E-state index contributed by atoms with van der Waals surface area (Å²) in [6.45, 7) is 0. The van der Waals surface area contributed by atoms with E-state index in [1.165, 1.54) is 43.4 Å². The van der Waals surface area contributed by atoms with E-state index in [1.54, 1.807) is 0 Å². The molecular weight excluding hydrogens is 521 g/mol. The molecule has 1 amide bonds. The Kier molecular flexibility index (Phi) is 5.63. The number of carbonyl (C=O) groups excluding carboxylic acids is 1. The number of aliphatic hydroxyl groups is 1. The van der Waals surface area contributed by atoms with Crippen molar-refractivity contribution in [2.75, 3.05) is 11.9 Å². The Bertz CT molecular complexity index is 1450. The highest BCUT2D eigenvalue weighted by molar-refractivity contribution is 6.06. The number of benzene rings is 2. The van der Waals surface area contributed by atoms with Gasteiger partial charge in [-0.2, -0.15) is 18.3 Å². The van der Waals surface area contributed by atoms with Crippen molar-refractivity contribution in [1.29, 1.82) is 0 Å². The van der Waals surface area contributed by atoms with Crippen molar-refractivity contribution >= 4 is 17.6 Å². The molecule has 1 aliphatic carbocycles. The Morgan fingerprint density at radius 1 is 1.08 bits per heavy atom. The summed E-state index contributed by atoms with van der Waals surface area (Å²) in [6, 6.07) is 9.56. The predicted molar refractivity (Wildman–Crippen MR) is 118 cm³/mol. The van der Waals surface area contributed by atoms with E-state index in [0.29, 0.717) is 6.07 Å². The molecule has 1 aliphatic heterocycles. The van der Waals surface area contributed by atoms with Crippen LogP contribution in [0.1, 0.15) is 40.7 Å². The van der Waals surface area contributed by atoms with Crippen molar-refractivity contribution in [3.8, 4) is 17.2 Å². The number of rotatable bonds is 6. The van der Waals surface area contributed by atoms with Gasteiger partial charge in [-0.15, -0.1) is 8.78 Å². The average Bonchev–Trinajstić information content (AvgIpc) is 3.43. The summed E-state index contributed by atoms with van der Waals surface area (Å²) in [4.78, 5) is 26.0. The number of aliphatic hydroxyl groups excluding tert-OH is 1. The molecule has 1 fully saturated rings. The molecule has 200 valence electrons. The molecule has 0 saturated heterocycles. The lowest BCUT2D eigenvalue weighted by Crippen LogP contribution is -2.27. The van der Waals surface area contributed by atoms with Gasteiger partial charge in [-0.25, -0.2) is 4.68 Å². The van der Waals surface area contributed by atoms with Gasteiger partial charge in [0.25, 0.3) is 5.91 Å². The van der Waals surface area contributed by atoms with Crippen molar-refractivity contribution in [2.45, 2.75) is 31.4 Å². The van der Waals surface area contributed by atoms with Gasteiger partial charge in [0.05, 0.1) is 16.8 Å². The summed E-state index contributed by atoms with van der Waals surface area (Å²) in [5.74, 6) is -2.52. The van der Waals surface area contributed by atoms with Crippen LogP contribution in [0.2, 0.25) is 0 Å². The van der Waals surface area contributed by atoms with Crippen LogP contribution in [0.15, 0.2) is 48.5 Å². The predicted octanol–water partition coefficient (Wildman–Crippen LogP) is 4.39. The van der Waals surface area contributed by atoms with E-state index in [0.717, 1.165) is 15.6 Å². The van der Waals surface area contributed by atoms with Gasteiger partial charge < -0.3 is 24.6 Å². The molecule has 0 spiro atoms. The van der Waals surface area contributed by atoms with Gasteiger partial charge in [-0.05, 0) is 49.2 Å². The largest absolute Gasteiger partial charge is 0.586 e. The number of fused-ring (bicyclic) bond motifs is 1. The Morgan fingerprint density at radius 2 is 1.76 bits per heavy atom. The molecule has 0 bridgehead atoms. The Balaban J connectivity index is 1.49. The monoisotopic (exact) mass is 539 g/mol. The highest BCUT2D eigenvalue weighted by Gasteiger charge is 2.57. The molecule has 3 aromatic rings. The molecular formula is C24H18F5N3O6. The highest BCUT2D eigenvalue weighted by atomic mass is 19.4. The second-order valence-corrected chi connectivity index (χ2v) is 8.94. The number of carboxylic acids is 1. The summed E-state index contributed by atoms with van der Waals surface area (Å²) >= 11 is 0. The van der Waals surface area contributed by atoms with Crippen molar-refractivity contribution in [1.82, 2.24) is 9.78 Å². The minimum atomic E-state index is -4.89. The molecule has 14 heteroatoms. The van der Waals surface area contributed by atoms with Crippen LogP contribution >= 0.6 is 0 Å². The van der Waals surface area contributed by atoms with Crippen LogP contribution in [0.4, 0.5) is 27.6 Å². The number of hydrogen-bond donors (Lipinski definition) is 2. The molecule has 1 aromatic heterocycles. The van der Waals surface area contributed by atoms with E-state index in [1.807, 2.05) is 0 Å². The maximum Gasteiger partial charge on any atom is 0.586 e. The number of aliphatic carboxylic acids is 1. The number of amides is 1. The van der Waals surface area contributed by atoms with Gasteiger partial charge in [-0.1, -0.05) is 6.07 Å². The normalized spacial score (nSPS) is 17.7. The summed E-state index contributed by atoms with van der Waals surface area (Å²) in [6.07, 6.45) is -10.4. The number of hydrogen-bond acceptors (Lipinski definition) is 6. The van der Waals surface area contributed by atoms with Crippen molar-refractivity contribution < 1.29 is 51.2 Å². The minimum Gasteiger partial charge on any atom is -0.481 e. The number of ether oxygens (including phenoxy) is 2. The molecule has 1 unspecified atom stereocenters. The molecule has 9 nitrogen and oxygen atoms in total. The number of carboxylic acid groups (broad SMARTS) is 1. The Morgan fingerprint density at radius 3 is 2.39 bits per heavy atom. The first-order valence-electron chi connectivity index (χ1n) is 11.1. The fraction of sp³-hybridized carbons (Fsp3) is 0.292. The zero-order chi connectivity index (χ0) is 27.6. The SMILES string of the molecule is CN(C(=O)c1cccc(-n2nc(C(F)(F)F)cc2C(O)C2(C(=O)O)CC2)c1)c1ccc2c(c1)OC(F)(F)O2. The molecule has 38 heavy (non-hydrogen) atoms. The van der Waals surface area contributed by atoms with Crippen LogP contribution in [0, 0.1) is 5.41 Å². The van der Waals surface area contributed by atoms with Gasteiger partial charge >= 0.3 is 18.4 Å². The topological polar surface area (TPSA) is 114 Å². The summed E-state index contributed by atoms with van der Waals surface area (Å²) in [5.41, 5.74) is -3.28. The first kappa shape index (κ1) is 25.4. The zero-order valence-corrected chi connectivity index (χ0v) is 19.4. The number of halogens is 5. The molecule has 1 atom stereocenters. The second kappa shape index (κ2) is 8.41. The summed E-state index contributed by atoms with van der Waals surface area (Å²) in [5, 5.41) is 23.8. The maximum absolute atomic E-state index is 13.5. The lowest BCUT2D eigenvalue weighted by molar-refractivity contribution is -0.286. The standard InChI is InChI=1S/C24H18F5N3O6/c1-31(13-5-6-16-17(10-13)38-24(28,29)37-16)20(34)12-3-2-4-14(9-12)32-15(11-18(30-32)23(25,26)27)19(33)22(7-8-22)21(35)36/h2-6,9-11,19,33H,7-8H2,1H3,(H,35,36). The first-order valence-corrected chi connectivity index (χ1v) is 11.1. The van der Waals surface area contributed by atoms with Crippen LogP contribution < -0.4 is 14.4 Å². The molecule has 0 radical (unpaired) electrons. The number of anilines is 1. The van der Waals surface area contributed by atoms with E-state index in [-0.39, 0.29) is 41.3 Å². The third-order valence-corrected chi connectivity index (χ3v) is 6.46. The number of aromatic nitrogens is 2. The van der Waals surface area contributed by atoms with E-state index in [4.69, 9.17) is 0 Å². The van der Waals surface area contributed by atoms with Gasteiger partial charge in [-0.3, -0.25) is 9.59 Å². The van der Waals surface area contributed by atoms with Crippen LogP contribution in [0.3, 0.4) is 0 Å². The fourth-order valence-electron chi connectivity index (χ4n) is 4.19. The van der Waals surface area contributed by atoms with Gasteiger partial charge in [0.15, 0.2) is 17.2 Å². The quantitative estimate of drug-likeness (QED) is 0.447. The second-order valence-electron chi connectivity index (χ2n) is 8.94. The fourth-order valence-corrected chi connectivity index (χ4v) is 4.19. The van der Waals surface area contributed by atoms with Crippen molar-refractivity contribution in [3.05, 3.63) is 65.5 Å². The summed E-state index contributed by atoms with van der Waals surface area (Å²) in [7, 11) is 1.35. The van der Waals surface area contributed by atoms with Crippen molar-refractivity contribution in [2.24, 2.45) is 5.41 Å². The van der Waals surface area contributed by atoms with E-state index in [2.05, 4.69) is 14.6 Å². The number of nitrogens with zero attached hydrogens (tertiary/aromatic N) is 3. The van der Waals surface area contributed by atoms with Gasteiger partial charge in [0, 0.05) is 24.4 Å². The lowest BCUT2D eigenvalue weighted by Gasteiger charge is -2.20. The molecule has 2 aliphatic rings. The molecule has 2 heterocycles. The Hall–Kier alpha value is -4.20. The van der Waals surface area contributed by atoms with E-state index >= 15 is 0 Å². The van der Waals surface area contributed by atoms with Crippen molar-refractivity contribution in [3.63, 3.8) is 0 Å². The third-order valence-electron chi connectivity index (χ3n) is 6.46. The van der Waals surface area contributed by atoms with Crippen LogP contribution in [-0.2, 0) is 11.0 Å². The smallest absolute Gasteiger partial charge is 0.481 e. The number of carbonyl (C=O) groups is 2. The van der Waals surface area contributed by atoms with Gasteiger partial charge in [0.1, 0.15) is 6.10 Å².